The van der Waals surface area contributed by atoms with Crippen LogP contribution in [0.15, 0.2) is 30.3 Å². The highest BCUT2D eigenvalue weighted by atomic mass is 32.1. The lowest BCUT2D eigenvalue weighted by Gasteiger charge is -2.06. The maximum absolute atomic E-state index is 11.8. The number of hydrogen-bond acceptors (Lipinski definition) is 3. The minimum atomic E-state index is 0.139. The van der Waals surface area contributed by atoms with Crippen LogP contribution in [0.5, 0.6) is 0 Å². The Bertz CT molecular complexity index is 617. The van der Waals surface area contributed by atoms with Crippen LogP contribution in [0.3, 0.4) is 0 Å². The van der Waals surface area contributed by atoms with Gasteiger partial charge in [-0.2, -0.15) is 0 Å². The number of amides is 1. The maximum Gasteiger partial charge on any atom is 0.220 e. The molecule has 0 spiro atoms. The Balaban J connectivity index is 1.63. The van der Waals surface area contributed by atoms with Crippen molar-refractivity contribution in [1.29, 1.82) is 0 Å². The number of thiophene rings is 1. The molecular formula is C18H24N2OS. The molecule has 0 aliphatic heterocycles. The van der Waals surface area contributed by atoms with Crippen molar-refractivity contribution in [2.24, 2.45) is 0 Å². The molecule has 0 aliphatic carbocycles. The van der Waals surface area contributed by atoms with Gasteiger partial charge < -0.3 is 11.1 Å². The van der Waals surface area contributed by atoms with Gasteiger partial charge in [-0.3, -0.25) is 4.79 Å². The van der Waals surface area contributed by atoms with Gasteiger partial charge in [-0.25, -0.2) is 0 Å². The molecule has 0 saturated heterocycles. The lowest BCUT2D eigenvalue weighted by atomic mass is 10.1. The molecule has 118 valence electrons. The van der Waals surface area contributed by atoms with Crippen LogP contribution in [0, 0.1) is 13.8 Å². The van der Waals surface area contributed by atoms with Gasteiger partial charge in [0.15, 0.2) is 0 Å². The van der Waals surface area contributed by atoms with Crippen molar-refractivity contribution in [2.75, 3.05) is 12.3 Å². The highest BCUT2D eigenvalue weighted by Gasteiger charge is 2.05. The number of nitrogens with one attached hydrogen (secondary N) is 1. The highest BCUT2D eigenvalue weighted by Crippen LogP contribution is 2.22. The molecule has 0 saturated carbocycles. The van der Waals surface area contributed by atoms with Crippen molar-refractivity contribution in [2.45, 2.75) is 39.5 Å². The molecule has 3 N–H and O–H groups in total. The first-order valence-corrected chi connectivity index (χ1v) is 8.53. The van der Waals surface area contributed by atoms with E-state index >= 15 is 0 Å². The third-order valence-electron chi connectivity index (χ3n) is 3.71. The van der Waals surface area contributed by atoms with Gasteiger partial charge in [-0.15, -0.1) is 11.3 Å². The van der Waals surface area contributed by atoms with Gasteiger partial charge in [-0.05, 0) is 62.4 Å². The summed E-state index contributed by atoms with van der Waals surface area (Å²) in [4.78, 5) is 14.6. The summed E-state index contributed by atoms with van der Waals surface area (Å²) in [5.74, 6) is 0.139. The van der Waals surface area contributed by atoms with Crippen molar-refractivity contribution >= 4 is 22.9 Å². The van der Waals surface area contributed by atoms with Gasteiger partial charge in [-0.1, -0.05) is 12.1 Å². The van der Waals surface area contributed by atoms with E-state index in [-0.39, 0.29) is 5.91 Å². The predicted octanol–water partition coefficient (Wildman–Crippen LogP) is 3.63. The Kier molecular flexibility index (Phi) is 6.01. The normalized spacial score (nSPS) is 10.6. The molecule has 1 heterocycles. The van der Waals surface area contributed by atoms with Crippen LogP contribution in [-0.2, 0) is 17.6 Å². The van der Waals surface area contributed by atoms with E-state index in [1.165, 1.54) is 20.9 Å². The fourth-order valence-corrected chi connectivity index (χ4v) is 3.47. The van der Waals surface area contributed by atoms with Crippen LogP contribution in [0.2, 0.25) is 0 Å². The quantitative estimate of drug-likeness (QED) is 0.766. The van der Waals surface area contributed by atoms with Crippen LogP contribution >= 0.6 is 11.3 Å². The summed E-state index contributed by atoms with van der Waals surface area (Å²) in [6.45, 7) is 4.96. The van der Waals surface area contributed by atoms with Crippen LogP contribution in [0.25, 0.3) is 0 Å². The molecule has 4 heteroatoms. The SMILES string of the molecule is Cc1cc(CCCC(=O)NCCc2ccc(N)cc2)c(C)s1. The second kappa shape index (κ2) is 7.99. The van der Waals surface area contributed by atoms with Crippen molar-refractivity contribution in [1.82, 2.24) is 5.32 Å². The second-order valence-electron chi connectivity index (χ2n) is 5.63. The number of nitrogen functional groups attached to an aromatic ring is 1. The first-order chi connectivity index (χ1) is 10.5. The molecule has 0 atom stereocenters. The molecule has 0 fully saturated rings. The molecule has 0 aliphatic rings. The number of benzene rings is 1. The Morgan fingerprint density at radius 1 is 1.18 bits per heavy atom. The molecule has 1 aromatic heterocycles. The topological polar surface area (TPSA) is 55.1 Å². The Morgan fingerprint density at radius 2 is 1.91 bits per heavy atom. The maximum atomic E-state index is 11.8. The Hall–Kier alpha value is -1.81. The van der Waals surface area contributed by atoms with Gasteiger partial charge >= 0.3 is 0 Å². The van der Waals surface area contributed by atoms with E-state index in [0.717, 1.165) is 24.9 Å². The van der Waals surface area contributed by atoms with Gasteiger partial charge in [0.2, 0.25) is 5.91 Å². The fourth-order valence-electron chi connectivity index (χ4n) is 2.49. The van der Waals surface area contributed by atoms with Crippen molar-refractivity contribution in [3.8, 4) is 0 Å². The number of rotatable bonds is 7. The van der Waals surface area contributed by atoms with Gasteiger partial charge in [0.25, 0.3) is 0 Å². The zero-order chi connectivity index (χ0) is 15.9. The monoisotopic (exact) mass is 316 g/mol. The zero-order valence-corrected chi connectivity index (χ0v) is 14.1. The van der Waals surface area contributed by atoms with E-state index in [2.05, 4.69) is 25.2 Å². The van der Waals surface area contributed by atoms with Crippen LogP contribution in [-0.4, -0.2) is 12.5 Å². The number of carbonyl (C=O) groups excluding carboxylic acids is 1. The minimum Gasteiger partial charge on any atom is -0.399 e. The lowest BCUT2D eigenvalue weighted by molar-refractivity contribution is -0.121. The molecule has 0 unspecified atom stereocenters. The van der Waals surface area contributed by atoms with E-state index in [9.17, 15) is 4.79 Å². The van der Waals surface area contributed by atoms with E-state index in [4.69, 9.17) is 5.73 Å². The summed E-state index contributed by atoms with van der Waals surface area (Å²) < 4.78 is 0. The molecule has 0 radical (unpaired) electrons. The van der Waals surface area contributed by atoms with Crippen molar-refractivity contribution < 1.29 is 4.79 Å². The number of anilines is 1. The number of aryl methyl sites for hydroxylation is 3. The summed E-state index contributed by atoms with van der Waals surface area (Å²) in [7, 11) is 0. The number of hydrogen-bond donors (Lipinski definition) is 2. The molecule has 0 bridgehead atoms. The summed E-state index contributed by atoms with van der Waals surface area (Å²) in [5.41, 5.74) is 9.00. The highest BCUT2D eigenvalue weighted by molar-refractivity contribution is 7.12. The third kappa shape index (κ3) is 5.19. The van der Waals surface area contributed by atoms with E-state index < -0.39 is 0 Å². The van der Waals surface area contributed by atoms with Crippen LogP contribution in [0.1, 0.15) is 33.7 Å². The zero-order valence-electron chi connectivity index (χ0n) is 13.3. The average Bonchev–Trinajstić information content (AvgIpc) is 2.79. The number of carbonyl (C=O) groups is 1. The largest absolute Gasteiger partial charge is 0.399 e. The summed E-state index contributed by atoms with van der Waals surface area (Å²) in [6, 6.07) is 10.0. The molecule has 2 rings (SSSR count). The second-order valence-corrected chi connectivity index (χ2v) is 7.09. The predicted molar refractivity (Wildman–Crippen MR) is 94.3 cm³/mol. The molecule has 1 aromatic carbocycles. The van der Waals surface area contributed by atoms with E-state index in [1.54, 1.807) is 0 Å². The summed E-state index contributed by atoms with van der Waals surface area (Å²) >= 11 is 1.83. The molecule has 2 aromatic rings. The summed E-state index contributed by atoms with van der Waals surface area (Å²) in [5, 5.41) is 2.98. The number of nitrogens with two attached hydrogens (primary N) is 1. The average molecular weight is 316 g/mol. The van der Waals surface area contributed by atoms with Crippen molar-refractivity contribution in [3.63, 3.8) is 0 Å². The van der Waals surface area contributed by atoms with Gasteiger partial charge in [0.05, 0.1) is 0 Å². The lowest BCUT2D eigenvalue weighted by Crippen LogP contribution is -2.25. The van der Waals surface area contributed by atoms with Crippen molar-refractivity contribution in [3.05, 3.63) is 51.2 Å². The van der Waals surface area contributed by atoms with Crippen LogP contribution < -0.4 is 11.1 Å². The first-order valence-electron chi connectivity index (χ1n) is 7.71. The molecule has 3 nitrogen and oxygen atoms in total. The fraction of sp³-hybridized carbons (Fsp3) is 0.389. The van der Waals surface area contributed by atoms with Gasteiger partial charge in [0.1, 0.15) is 0 Å². The first kappa shape index (κ1) is 16.6. The van der Waals surface area contributed by atoms with E-state index in [0.29, 0.717) is 13.0 Å². The molecule has 22 heavy (non-hydrogen) atoms. The molecule has 1 amide bonds. The van der Waals surface area contributed by atoms with Gasteiger partial charge in [0, 0.05) is 28.4 Å². The van der Waals surface area contributed by atoms with E-state index in [1.807, 2.05) is 35.6 Å². The smallest absolute Gasteiger partial charge is 0.220 e. The standard InChI is InChI=1S/C18H24N2OS/c1-13-12-16(14(2)22-13)4-3-5-18(21)20-11-10-15-6-8-17(19)9-7-15/h6-9,12H,3-5,10-11,19H2,1-2H3,(H,20,21). The summed E-state index contributed by atoms with van der Waals surface area (Å²) in [6.07, 6.45) is 3.33. The Morgan fingerprint density at radius 3 is 2.55 bits per heavy atom. The molecular weight excluding hydrogens is 292 g/mol. The Labute approximate surface area is 136 Å². The minimum absolute atomic E-state index is 0.139. The van der Waals surface area contributed by atoms with Crippen LogP contribution in [0.4, 0.5) is 5.69 Å². The third-order valence-corrected chi connectivity index (χ3v) is 4.72.